The molecule has 6 heteroatoms. The van der Waals surface area contributed by atoms with Gasteiger partial charge < -0.3 is 19.3 Å². The molecular formula is C22H32N2O4. The van der Waals surface area contributed by atoms with Crippen LogP contribution in [0, 0.1) is 0 Å². The Morgan fingerprint density at radius 2 is 1.71 bits per heavy atom. The first-order valence-electron chi connectivity index (χ1n) is 10.3. The van der Waals surface area contributed by atoms with Gasteiger partial charge in [0.2, 0.25) is 0 Å². The highest BCUT2D eigenvalue weighted by Crippen LogP contribution is 2.37. The Bertz CT molecular complexity index is 682. The first-order valence-corrected chi connectivity index (χ1v) is 10.3. The maximum Gasteiger partial charge on any atom is 0.410 e. The van der Waals surface area contributed by atoms with Crippen LogP contribution in [0.3, 0.4) is 0 Å². The molecule has 2 saturated heterocycles. The number of carbonyl (C=O) groups is 2. The SMILES string of the molecule is CC(C)(C)OC(=O)N1CCCC[C@]12CCCN(C(=O)OCc1ccccc1)C2. The predicted octanol–water partition coefficient (Wildman–Crippen LogP) is 4.58. The average Bonchev–Trinajstić information content (AvgIpc) is 2.66. The number of amides is 2. The van der Waals surface area contributed by atoms with Gasteiger partial charge in [0, 0.05) is 19.6 Å². The molecule has 2 aliphatic rings. The molecule has 0 saturated carbocycles. The van der Waals surface area contributed by atoms with Crippen LogP contribution in [0.4, 0.5) is 9.59 Å². The van der Waals surface area contributed by atoms with Crippen molar-refractivity contribution in [2.45, 2.75) is 70.6 Å². The zero-order chi connectivity index (χ0) is 20.2. The topological polar surface area (TPSA) is 59.1 Å². The van der Waals surface area contributed by atoms with Crippen molar-refractivity contribution in [1.29, 1.82) is 0 Å². The highest BCUT2D eigenvalue weighted by atomic mass is 16.6. The normalized spacial score (nSPS) is 22.8. The molecule has 0 unspecified atom stereocenters. The van der Waals surface area contributed by atoms with Gasteiger partial charge in [-0.1, -0.05) is 30.3 Å². The number of carbonyl (C=O) groups excluding carboxylic acids is 2. The highest BCUT2D eigenvalue weighted by molar-refractivity contribution is 5.71. The number of piperidine rings is 2. The summed E-state index contributed by atoms with van der Waals surface area (Å²) in [6.45, 7) is 7.78. The molecule has 6 nitrogen and oxygen atoms in total. The van der Waals surface area contributed by atoms with E-state index >= 15 is 0 Å². The second kappa shape index (κ2) is 8.41. The van der Waals surface area contributed by atoms with Gasteiger partial charge in [-0.15, -0.1) is 0 Å². The van der Waals surface area contributed by atoms with Crippen LogP contribution in [0.2, 0.25) is 0 Å². The van der Waals surface area contributed by atoms with E-state index in [1.54, 1.807) is 4.90 Å². The lowest BCUT2D eigenvalue weighted by atomic mass is 9.80. The number of likely N-dealkylation sites (tertiary alicyclic amines) is 2. The minimum absolute atomic E-state index is 0.263. The van der Waals surface area contributed by atoms with E-state index in [9.17, 15) is 9.59 Å². The third-order valence-electron chi connectivity index (χ3n) is 5.48. The van der Waals surface area contributed by atoms with Gasteiger partial charge in [0.05, 0.1) is 5.54 Å². The van der Waals surface area contributed by atoms with Crippen molar-refractivity contribution in [2.75, 3.05) is 19.6 Å². The van der Waals surface area contributed by atoms with Crippen molar-refractivity contribution < 1.29 is 19.1 Å². The Morgan fingerprint density at radius 3 is 2.43 bits per heavy atom. The standard InChI is InChI=1S/C22H32N2O4/c1-21(2,3)28-20(26)24-15-8-7-12-22(24)13-9-14-23(17-22)19(25)27-16-18-10-5-4-6-11-18/h4-6,10-11H,7-9,12-17H2,1-3H3/t22-/m1/s1. The number of rotatable bonds is 2. The van der Waals surface area contributed by atoms with Crippen molar-refractivity contribution in [2.24, 2.45) is 0 Å². The van der Waals surface area contributed by atoms with E-state index in [1.165, 1.54) is 0 Å². The van der Waals surface area contributed by atoms with E-state index in [2.05, 4.69) is 0 Å². The number of ether oxygens (including phenoxy) is 2. The quantitative estimate of drug-likeness (QED) is 0.744. The smallest absolute Gasteiger partial charge is 0.410 e. The molecule has 0 aromatic heterocycles. The van der Waals surface area contributed by atoms with Crippen LogP contribution in [0.25, 0.3) is 0 Å². The Hall–Kier alpha value is -2.24. The molecule has 0 radical (unpaired) electrons. The van der Waals surface area contributed by atoms with Crippen molar-refractivity contribution in [1.82, 2.24) is 9.80 Å². The molecule has 0 N–H and O–H groups in total. The fraction of sp³-hybridized carbons (Fsp3) is 0.636. The molecule has 0 aliphatic carbocycles. The van der Waals surface area contributed by atoms with Crippen molar-refractivity contribution in [3.05, 3.63) is 35.9 Å². The summed E-state index contributed by atoms with van der Waals surface area (Å²) in [5, 5.41) is 0. The van der Waals surface area contributed by atoms with Gasteiger partial charge in [-0.05, 0) is 58.4 Å². The summed E-state index contributed by atoms with van der Waals surface area (Å²) in [4.78, 5) is 29.1. The molecule has 0 bridgehead atoms. The molecule has 2 amide bonds. The fourth-order valence-electron chi connectivity index (χ4n) is 4.20. The van der Waals surface area contributed by atoms with Gasteiger partial charge >= 0.3 is 12.2 Å². The van der Waals surface area contributed by atoms with E-state index in [1.807, 2.05) is 56.0 Å². The Morgan fingerprint density at radius 1 is 1.00 bits per heavy atom. The molecule has 1 atom stereocenters. The number of hydrogen-bond donors (Lipinski definition) is 0. The van der Waals surface area contributed by atoms with Gasteiger partial charge in [0.1, 0.15) is 12.2 Å². The van der Waals surface area contributed by atoms with Crippen molar-refractivity contribution in [3.63, 3.8) is 0 Å². The zero-order valence-electron chi connectivity index (χ0n) is 17.3. The molecule has 3 rings (SSSR count). The maximum absolute atomic E-state index is 12.8. The van der Waals surface area contributed by atoms with E-state index in [0.717, 1.165) is 37.7 Å². The molecule has 2 heterocycles. The van der Waals surface area contributed by atoms with Gasteiger partial charge in [-0.2, -0.15) is 0 Å². The average molecular weight is 389 g/mol. The number of hydrogen-bond acceptors (Lipinski definition) is 4. The minimum atomic E-state index is -0.529. The van der Waals surface area contributed by atoms with Gasteiger partial charge in [0.15, 0.2) is 0 Å². The lowest BCUT2D eigenvalue weighted by Gasteiger charge is -2.51. The molecule has 28 heavy (non-hydrogen) atoms. The third-order valence-corrected chi connectivity index (χ3v) is 5.48. The van der Waals surface area contributed by atoms with Crippen LogP contribution in [-0.2, 0) is 16.1 Å². The summed E-state index contributed by atoms with van der Waals surface area (Å²) in [6, 6.07) is 9.68. The van der Waals surface area contributed by atoms with Crippen LogP contribution in [0.15, 0.2) is 30.3 Å². The monoisotopic (exact) mass is 388 g/mol. The van der Waals surface area contributed by atoms with Gasteiger partial charge in [-0.25, -0.2) is 9.59 Å². The predicted molar refractivity (Wildman–Crippen MR) is 107 cm³/mol. The Kier molecular flexibility index (Phi) is 6.16. The van der Waals surface area contributed by atoms with Crippen molar-refractivity contribution in [3.8, 4) is 0 Å². The first-order chi connectivity index (χ1) is 13.3. The summed E-state index contributed by atoms with van der Waals surface area (Å²) < 4.78 is 11.2. The molecular weight excluding hydrogens is 356 g/mol. The summed E-state index contributed by atoms with van der Waals surface area (Å²) in [6.07, 6.45) is 4.11. The Balaban J connectivity index is 1.66. The maximum atomic E-state index is 12.8. The number of nitrogens with zero attached hydrogens (tertiary/aromatic N) is 2. The van der Waals surface area contributed by atoms with Crippen LogP contribution in [0.5, 0.6) is 0 Å². The lowest BCUT2D eigenvalue weighted by molar-refractivity contribution is -0.0405. The molecule has 1 aromatic carbocycles. The molecule has 1 spiro atoms. The number of benzene rings is 1. The van der Waals surface area contributed by atoms with Crippen LogP contribution in [0.1, 0.15) is 58.4 Å². The molecule has 154 valence electrons. The Labute approximate surface area is 167 Å². The highest BCUT2D eigenvalue weighted by Gasteiger charge is 2.47. The van der Waals surface area contributed by atoms with E-state index < -0.39 is 5.60 Å². The molecule has 2 fully saturated rings. The molecule has 1 aromatic rings. The summed E-state index contributed by atoms with van der Waals surface area (Å²) >= 11 is 0. The van der Waals surface area contributed by atoms with E-state index in [-0.39, 0.29) is 24.3 Å². The van der Waals surface area contributed by atoms with Gasteiger partial charge in [-0.3, -0.25) is 0 Å². The summed E-state index contributed by atoms with van der Waals surface area (Å²) in [7, 11) is 0. The van der Waals surface area contributed by atoms with Crippen LogP contribution >= 0.6 is 0 Å². The van der Waals surface area contributed by atoms with E-state index in [0.29, 0.717) is 19.6 Å². The van der Waals surface area contributed by atoms with Crippen molar-refractivity contribution >= 4 is 12.2 Å². The first kappa shape index (κ1) is 20.5. The second-order valence-electron chi connectivity index (χ2n) is 8.88. The van der Waals surface area contributed by atoms with E-state index in [4.69, 9.17) is 9.47 Å². The van der Waals surface area contributed by atoms with Crippen LogP contribution in [-0.4, -0.2) is 52.8 Å². The lowest BCUT2D eigenvalue weighted by Crippen LogP contribution is -2.63. The third kappa shape index (κ3) is 4.97. The zero-order valence-corrected chi connectivity index (χ0v) is 17.3. The summed E-state index contributed by atoms with van der Waals surface area (Å²) in [5.74, 6) is 0. The van der Waals surface area contributed by atoms with Gasteiger partial charge in [0.25, 0.3) is 0 Å². The van der Waals surface area contributed by atoms with Crippen LogP contribution < -0.4 is 0 Å². The summed E-state index contributed by atoms with van der Waals surface area (Å²) in [5.41, 5.74) is 0.0964. The largest absolute Gasteiger partial charge is 0.445 e. The fourth-order valence-corrected chi connectivity index (χ4v) is 4.20. The molecule has 2 aliphatic heterocycles. The second-order valence-corrected chi connectivity index (χ2v) is 8.88. The minimum Gasteiger partial charge on any atom is -0.445 e.